The molecule has 2 aromatic heterocycles. The van der Waals surface area contributed by atoms with Gasteiger partial charge in [-0.2, -0.15) is 0 Å². The van der Waals surface area contributed by atoms with Gasteiger partial charge in [0, 0.05) is 22.7 Å². The number of imide groups is 1. The Kier molecular flexibility index (Phi) is 5.90. The highest BCUT2D eigenvalue weighted by molar-refractivity contribution is 6.27. The zero-order chi connectivity index (χ0) is 24.4. The van der Waals surface area contributed by atoms with Gasteiger partial charge in [-0.15, -0.1) is 0 Å². The molecule has 0 aliphatic heterocycles. The van der Waals surface area contributed by atoms with Crippen molar-refractivity contribution in [1.29, 1.82) is 0 Å². The lowest BCUT2D eigenvalue weighted by Gasteiger charge is -2.23. The molecule has 0 saturated carbocycles. The largest absolute Gasteiger partial charge is 0.268 e. The summed E-state index contributed by atoms with van der Waals surface area (Å²) in [5.74, 6) is -0.582. The normalized spacial score (nSPS) is 10.8. The Morgan fingerprint density at radius 2 is 1.46 bits per heavy atom. The van der Waals surface area contributed by atoms with Gasteiger partial charge < -0.3 is 0 Å². The van der Waals surface area contributed by atoms with Crippen LogP contribution in [0.15, 0.2) is 103 Å². The van der Waals surface area contributed by atoms with Crippen molar-refractivity contribution in [2.75, 3.05) is 4.90 Å². The molecule has 0 bridgehead atoms. The number of anilines is 1. The minimum absolute atomic E-state index is 0.280. The Morgan fingerprint density at radius 3 is 2.20 bits per heavy atom. The van der Waals surface area contributed by atoms with Crippen LogP contribution in [-0.2, 0) is 0 Å². The van der Waals surface area contributed by atoms with Crippen LogP contribution in [0.1, 0.15) is 31.8 Å². The molecular weight excluding hydrogens is 434 g/mol. The topological polar surface area (TPSA) is 63.2 Å². The highest BCUT2D eigenvalue weighted by atomic mass is 16.2. The number of carbonyl (C=O) groups excluding carboxylic acids is 2. The van der Waals surface area contributed by atoms with Crippen LogP contribution in [0.3, 0.4) is 0 Å². The van der Waals surface area contributed by atoms with E-state index in [-0.39, 0.29) is 5.82 Å². The van der Waals surface area contributed by atoms with Crippen molar-refractivity contribution in [2.24, 2.45) is 0 Å². The third kappa shape index (κ3) is 4.32. The molecule has 5 rings (SSSR count). The van der Waals surface area contributed by atoms with Crippen LogP contribution in [0.2, 0.25) is 0 Å². The first-order chi connectivity index (χ1) is 17.0. The van der Waals surface area contributed by atoms with E-state index >= 15 is 0 Å². The molecule has 0 spiro atoms. The zero-order valence-corrected chi connectivity index (χ0v) is 19.5. The monoisotopic (exact) mass is 457 g/mol. The number of fused-ring (bicyclic) bond motifs is 1. The molecule has 0 radical (unpaired) electrons. The van der Waals surface area contributed by atoms with E-state index in [1.54, 1.807) is 36.5 Å². The molecule has 0 aliphatic carbocycles. The molecule has 0 unspecified atom stereocenters. The lowest BCUT2D eigenvalue weighted by molar-refractivity contribution is 0.0896. The standard InChI is InChI=1S/C30H23N3O2/c1-20-15-16-24(21(2)18-20)30(35)33(29(34)22-10-4-3-5-11-22)28-25-13-7-6-12-23(25)19-27(32-28)26-14-8-9-17-31-26/h3-19H,1-2H3. The van der Waals surface area contributed by atoms with Gasteiger partial charge in [-0.05, 0) is 61.2 Å². The van der Waals surface area contributed by atoms with Gasteiger partial charge in [0.15, 0.2) is 5.82 Å². The Morgan fingerprint density at radius 1 is 0.714 bits per heavy atom. The van der Waals surface area contributed by atoms with Crippen LogP contribution in [-0.4, -0.2) is 21.8 Å². The summed E-state index contributed by atoms with van der Waals surface area (Å²) < 4.78 is 0. The second-order valence-corrected chi connectivity index (χ2v) is 8.40. The van der Waals surface area contributed by atoms with E-state index in [4.69, 9.17) is 4.98 Å². The van der Waals surface area contributed by atoms with Gasteiger partial charge >= 0.3 is 0 Å². The van der Waals surface area contributed by atoms with Crippen LogP contribution in [0.4, 0.5) is 5.82 Å². The van der Waals surface area contributed by atoms with E-state index < -0.39 is 11.8 Å². The summed E-state index contributed by atoms with van der Waals surface area (Å²) in [6, 6.07) is 29.5. The van der Waals surface area contributed by atoms with Crippen molar-refractivity contribution in [3.8, 4) is 11.4 Å². The lowest BCUT2D eigenvalue weighted by Crippen LogP contribution is -2.38. The number of benzene rings is 3. The maximum absolute atomic E-state index is 14.0. The van der Waals surface area contributed by atoms with E-state index in [1.165, 1.54) is 4.90 Å². The number of aromatic nitrogens is 2. The number of nitrogens with zero attached hydrogens (tertiary/aromatic N) is 3. The number of carbonyl (C=O) groups is 2. The van der Waals surface area contributed by atoms with E-state index in [0.717, 1.165) is 16.5 Å². The second-order valence-electron chi connectivity index (χ2n) is 8.40. The van der Waals surface area contributed by atoms with Crippen molar-refractivity contribution in [3.05, 3.63) is 126 Å². The first-order valence-corrected chi connectivity index (χ1v) is 11.4. The third-order valence-electron chi connectivity index (χ3n) is 5.90. The highest BCUT2D eigenvalue weighted by Crippen LogP contribution is 2.32. The van der Waals surface area contributed by atoms with E-state index in [1.807, 2.05) is 80.6 Å². The van der Waals surface area contributed by atoms with Gasteiger partial charge in [0.25, 0.3) is 11.8 Å². The Labute approximate surface area is 203 Å². The Hall–Kier alpha value is -4.64. The van der Waals surface area contributed by atoms with Crippen LogP contribution in [0.5, 0.6) is 0 Å². The summed E-state index contributed by atoms with van der Waals surface area (Å²) in [5.41, 5.74) is 3.93. The fourth-order valence-electron chi connectivity index (χ4n) is 4.16. The second kappa shape index (κ2) is 9.31. The maximum Gasteiger partial charge on any atom is 0.266 e. The molecule has 2 heterocycles. The number of amides is 2. The molecule has 3 aromatic carbocycles. The fraction of sp³-hybridized carbons (Fsp3) is 0.0667. The van der Waals surface area contributed by atoms with Gasteiger partial charge in [0.05, 0.1) is 11.4 Å². The van der Waals surface area contributed by atoms with Crippen molar-refractivity contribution in [3.63, 3.8) is 0 Å². The Balaban J connectivity index is 1.77. The first kappa shape index (κ1) is 22.2. The summed E-state index contributed by atoms with van der Waals surface area (Å²) >= 11 is 0. The van der Waals surface area contributed by atoms with Crippen molar-refractivity contribution < 1.29 is 9.59 Å². The molecule has 0 fully saturated rings. The number of pyridine rings is 2. The van der Waals surface area contributed by atoms with Crippen molar-refractivity contribution in [1.82, 2.24) is 9.97 Å². The summed E-state index contributed by atoms with van der Waals surface area (Å²) in [6.45, 7) is 3.85. The maximum atomic E-state index is 14.0. The summed E-state index contributed by atoms with van der Waals surface area (Å²) in [5, 5.41) is 1.56. The SMILES string of the molecule is Cc1ccc(C(=O)N(C(=O)c2ccccc2)c2nc(-c3ccccn3)cc3ccccc23)c(C)c1. The molecule has 0 N–H and O–H groups in total. The minimum atomic E-state index is -0.439. The summed E-state index contributed by atoms with van der Waals surface area (Å²) in [4.78, 5) is 38.4. The quantitative estimate of drug-likeness (QED) is 0.293. The summed E-state index contributed by atoms with van der Waals surface area (Å²) in [6.07, 6.45) is 1.69. The molecule has 35 heavy (non-hydrogen) atoms. The van der Waals surface area contributed by atoms with Crippen LogP contribution in [0.25, 0.3) is 22.2 Å². The van der Waals surface area contributed by atoms with E-state index in [2.05, 4.69) is 4.98 Å². The number of hydrogen-bond acceptors (Lipinski definition) is 4. The zero-order valence-electron chi connectivity index (χ0n) is 19.5. The first-order valence-electron chi connectivity index (χ1n) is 11.4. The van der Waals surface area contributed by atoms with Crippen LogP contribution in [0, 0.1) is 13.8 Å². The minimum Gasteiger partial charge on any atom is -0.268 e. The van der Waals surface area contributed by atoms with Crippen LogP contribution >= 0.6 is 0 Å². The lowest BCUT2D eigenvalue weighted by atomic mass is 10.0. The van der Waals surface area contributed by atoms with E-state index in [0.29, 0.717) is 27.9 Å². The predicted molar refractivity (Wildman–Crippen MR) is 138 cm³/mol. The average Bonchev–Trinajstić information content (AvgIpc) is 2.89. The number of aryl methyl sites for hydroxylation is 2. The molecular formula is C30H23N3O2. The number of hydrogen-bond donors (Lipinski definition) is 0. The fourth-order valence-corrected chi connectivity index (χ4v) is 4.16. The van der Waals surface area contributed by atoms with Crippen LogP contribution < -0.4 is 4.90 Å². The van der Waals surface area contributed by atoms with E-state index in [9.17, 15) is 9.59 Å². The molecule has 5 nitrogen and oxygen atoms in total. The number of rotatable bonds is 4. The van der Waals surface area contributed by atoms with Gasteiger partial charge in [-0.25, -0.2) is 9.88 Å². The molecule has 5 aromatic rings. The molecule has 0 aliphatic rings. The predicted octanol–water partition coefficient (Wildman–Crippen LogP) is 6.40. The van der Waals surface area contributed by atoms with Gasteiger partial charge in [0.2, 0.25) is 0 Å². The van der Waals surface area contributed by atoms with Crippen molar-refractivity contribution in [2.45, 2.75) is 13.8 Å². The summed E-state index contributed by atoms with van der Waals surface area (Å²) in [7, 11) is 0. The van der Waals surface area contributed by atoms with Gasteiger partial charge in [0.1, 0.15) is 0 Å². The van der Waals surface area contributed by atoms with Gasteiger partial charge in [-0.1, -0.05) is 66.2 Å². The van der Waals surface area contributed by atoms with Gasteiger partial charge in [-0.3, -0.25) is 14.6 Å². The third-order valence-corrected chi connectivity index (χ3v) is 5.90. The molecule has 0 saturated heterocycles. The molecule has 0 atom stereocenters. The Bertz CT molecular complexity index is 1550. The molecule has 2 amide bonds. The molecule has 170 valence electrons. The smallest absolute Gasteiger partial charge is 0.266 e. The van der Waals surface area contributed by atoms with Crippen molar-refractivity contribution >= 4 is 28.4 Å². The highest BCUT2D eigenvalue weighted by Gasteiger charge is 2.30. The average molecular weight is 458 g/mol. The molecule has 5 heteroatoms.